The quantitative estimate of drug-likeness (QED) is 0.803. The minimum Gasteiger partial charge on any atom is -0.490 e. The molecule has 0 radical (unpaired) electrons. The Labute approximate surface area is 119 Å². The van der Waals surface area contributed by atoms with Gasteiger partial charge in [0.15, 0.2) is 11.6 Å². The van der Waals surface area contributed by atoms with E-state index in [2.05, 4.69) is 11.1 Å². The highest BCUT2D eigenvalue weighted by Crippen LogP contribution is 2.31. The summed E-state index contributed by atoms with van der Waals surface area (Å²) in [4.78, 5) is 6.43. The first kappa shape index (κ1) is 13.9. The van der Waals surface area contributed by atoms with Gasteiger partial charge in [0.25, 0.3) is 0 Å². The molecular weight excluding hydrogens is 250 g/mol. The summed E-state index contributed by atoms with van der Waals surface area (Å²) in [6, 6.07) is 15.8. The molecule has 4 heteroatoms. The Balaban J connectivity index is 2.39. The number of benzene rings is 1. The Hall–Kier alpha value is -2.54. The van der Waals surface area contributed by atoms with Crippen LogP contribution in [0.5, 0.6) is 5.75 Å². The standard InChI is InChI=1S/C16H17N3O/c1-2-20-15-10-6-12-18-16(15)19(13-7-11-17)14-8-4-3-5-9-14/h3-6,8-10,12H,2,7,13H2,1H3. The van der Waals surface area contributed by atoms with E-state index in [1.807, 2.05) is 54.3 Å². The van der Waals surface area contributed by atoms with Gasteiger partial charge in [0, 0.05) is 18.4 Å². The summed E-state index contributed by atoms with van der Waals surface area (Å²) < 4.78 is 5.63. The zero-order valence-corrected chi connectivity index (χ0v) is 11.5. The average molecular weight is 267 g/mol. The Kier molecular flexibility index (Phi) is 4.96. The molecule has 1 aromatic carbocycles. The summed E-state index contributed by atoms with van der Waals surface area (Å²) in [5.74, 6) is 1.48. The molecule has 0 fully saturated rings. The summed E-state index contributed by atoms with van der Waals surface area (Å²) in [5, 5.41) is 8.85. The molecule has 2 rings (SSSR count). The maximum absolute atomic E-state index is 8.85. The predicted molar refractivity (Wildman–Crippen MR) is 79.1 cm³/mol. The van der Waals surface area contributed by atoms with Gasteiger partial charge in [0.1, 0.15) is 0 Å². The lowest BCUT2D eigenvalue weighted by atomic mass is 10.2. The first-order valence-corrected chi connectivity index (χ1v) is 6.64. The van der Waals surface area contributed by atoms with E-state index in [9.17, 15) is 0 Å². The molecule has 4 nitrogen and oxygen atoms in total. The van der Waals surface area contributed by atoms with Gasteiger partial charge in [-0.3, -0.25) is 0 Å². The van der Waals surface area contributed by atoms with Crippen LogP contribution < -0.4 is 9.64 Å². The second-order valence-corrected chi connectivity index (χ2v) is 4.15. The number of hydrogen-bond donors (Lipinski definition) is 0. The van der Waals surface area contributed by atoms with Crippen LogP contribution in [0.25, 0.3) is 0 Å². The number of para-hydroxylation sites is 1. The van der Waals surface area contributed by atoms with Gasteiger partial charge in [-0.2, -0.15) is 5.26 Å². The summed E-state index contributed by atoms with van der Waals surface area (Å²) in [7, 11) is 0. The fourth-order valence-corrected chi connectivity index (χ4v) is 1.98. The van der Waals surface area contributed by atoms with Crippen LogP contribution in [0, 0.1) is 11.3 Å². The molecule has 0 spiro atoms. The second kappa shape index (κ2) is 7.15. The van der Waals surface area contributed by atoms with Crippen LogP contribution in [0.1, 0.15) is 13.3 Å². The minimum atomic E-state index is 0.428. The summed E-state index contributed by atoms with van der Waals surface area (Å²) >= 11 is 0. The Morgan fingerprint density at radius 1 is 1.20 bits per heavy atom. The lowest BCUT2D eigenvalue weighted by molar-refractivity contribution is 0.339. The van der Waals surface area contributed by atoms with Crippen LogP contribution in [0.2, 0.25) is 0 Å². The molecule has 0 unspecified atom stereocenters. The van der Waals surface area contributed by atoms with Crippen LogP contribution in [0.15, 0.2) is 48.7 Å². The third kappa shape index (κ3) is 3.27. The third-order valence-electron chi connectivity index (χ3n) is 2.82. The molecule has 0 amide bonds. The Morgan fingerprint density at radius 2 is 2.00 bits per heavy atom. The van der Waals surface area contributed by atoms with Crippen molar-refractivity contribution < 1.29 is 4.74 Å². The van der Waals surface area contributed by atoms with E-state index >= 15 is 0 Å². The largest absolute Gasteiger partial charge is 0.490 e. The first-order chi connectivity index (χ1) is 9.86. The molecule has 0 bridgehead atoms. The van der Waals surface area contributed by atoms with Crippen molar-refractivity contribution in [3.8, 4) is 11.8 Å². The van der Waals surface area contributed by atoms with Crippen molar-refractivity contribution in [3.05, 3.63) is 48.7 Å². The average Bonchev–Trinajstić information content (AvgIpc) is 2.50. The van der Waals surface area contributed by atoms with Gasteiger partial charge in [0.05, 0.1) is 19.1 Å². The molecule has 2 aromatic rings. The number of rotatable bonds is 6. The normalized spacial score (nSPS) is 9.80. The molecule has 1 heterocycles. The van der Waals surface area contributed by atoms with E-state index in [0.717, 1.165) is 17.3 Å². The molecular formula is C16H17N3O. The molecule has 0 saturated carbocycles. The second-order valence-electron chi connectivity index (χ2n) is 4.15. The molecule has 102 valence electrons. The number of aromatic nitrogens is 1. The molecule has 0 aliphatic carbocycles. The van der Waals surface area contributed by atoms with Gasteiger partial charge in [-0.1, -0.05) is 18.2 Å². The topological polar surface area (TPSA) is 49.1 Å². The monoisotopic (exact) mass is 267 g/mol. The van der Waals surface area contributed by atoms with Crippen LogP contribution in [-0.4, -0.2) is 18.1 Å². The van der Waals surface area contributed by atoms with Gasteiger partial charge in [0.2, 0.25) is 0 Å². The van der Waals surface area contributed by atoms with E-state index in [1.54, 1.807) is 6.20 Å². The molecule has 0 atom stereocenters. The van der Waals surface area contributed by atoms with Crippen molar-refractivity contribution in [1.29, 1.82) is 5.26 Å². The van der Waals surface area contributed by atoms with Crippen LogP contribution in [0.4, 0.5) is 11.5 Å². The van der Waals surface area contributed by atoms with Crippen molar-refractivity contribution in [1.82, 2.24) is 4.98 Å². The fourth-order valence-electron chi connectivity index (χ4n) is 1.98. The van der Waals surface area contributed by atoms with E-state index in [1.165, 1.54) is 0 Å². The zero-order chi connectivity index (χ0) is 14.2. The van der Waals surface area contributed by atoms with Crippen molar-refractivity contribution in [2.75, 3.05) is 18.1 Å². The fraction of sp³-hybridized carbons (Fsp3) is 0.250. The SMILES string of the molecule is CCOc1cccnc1N(CCC#N)c1ccccc1. The van der Waals surface area contributed by atoms with Crippen LogP contribution >= 0.6 is 0 Å². The van der Waals surface area contributed by atoms with E-state index < -0.39 is 0 Å². The third-order valence-corrected chi connectivity index (χ3v) is 2.82. The lowest BCUT2D eigenvalue weighted by Crippen LogP contribution is -2.20. The molecule has 20 heavy (non-hydrogen) atoms. The van der Waals surface area contributed by atoms with E-state index in [-0.39, 0.29) is 0 Å². The molecule has 0 aliphatic rings. The highest BCUT2D eigenvalue weighted by Gasteiger charge is 2.15. The minimum absolute atomic E-state index is 0.428. The van der Waals surface area contributed by atoms with Crippen molar-refractivity contribution in [2.24, 2.45) is 0 Å². The summed E-state index contributed by atoms with van der Waals surface area (Å²) in [6.45, 7) is 3.11. The smallest absolute Gasteiger partial charge is 0.175 e. The van der Waals surface area contributed by atoms with Crippen molar-refractivity contribution >= 4 is 11.5 Å². The van der Waals surface area contributed by atoms with Gasteiger partial charge >= 0.3 is 0 Å². The van der Waals surface area contributed by atoms with E-state index in [0.29, 0.717) is 19.6 Å². The van der Waals surface area contributed by atoms with Crippen LogP contribution in [-0.2, 0) is 0 Å². The Morgan fingerprint density at radius 3 is 2.70 bits per heavy atom. The van der Waals surface area contributed by atoms with Gasteiger partial charge in [-0.05, 0) is 31.2 Å². The number of ether oxygens (including phenoxy) is 1. The number of nitriles is 1. The van der Waals surface area contributed by atoms with Gasteiger partial charge < -0.3 is 9.64 Å². The summed E-state index contributed by atoms with van der Waals surface area (Å²) in [6.07, 6.45) is 2.16. The molecule has 0 saturated heterocycles. The molecule has 0 aliphatic heterocycles. The maximum Gasteiger partial charge on any atom is 0.175 e. The Bertz CT molecular complexity index is 578. The highest BCUT2D eigenvalue weighted by atomic mass is 16.5. The van der Waals surface area contributed by atoms with Gasteiger partial charge in [-0.15, -0.1) is 0 Å². The molecule has 0 N–H and O–H groups in total. The predicted octanol–water partition coefficient (Wildman–Crippen LogP) is 3.53. The van der Waals surface area contributed by atoms with Crippen molar-refractivity contribution in [3.63, 3.8) is 0 Å². The number of anilines is 2. The van der Waals surface area contributed by atoms with Crippen molar-refractivity contribution in [2.45, 2.75) is 13.3 Å². The van der Waals surface area contributed by atoms with E-state index in [4.69, 9.17) is 10.00 Å². The zero-order valence-electron chi connectivity index (χ0n) is 11.5. The highest BCUT2D eigenvalue weighted by molar-refractivity contribution is 5.65. The number of nitrogens with zero attached hydrogens (tertiary/aromatic N) is 3. The molecule has 1 aromatic heterocycles. The lowest BCUT2D eigenvalue weighted by Gasteiger charge is -2.24. The van der Waals surface area contributed by atoms with Crippen LogP contribution in [0.3, 0.4) is 0 Å². The number of pyridine rings is 1. The summed E-state index contributed by atoms with van der Waals surface area (Å²) in [5.41, 5.74) is 1.00. The first-order valence-electron chi connectivity index (χ1n) is 6.64. The maximum atomic E-state index is 8.85. The van der Waals surface area contributed by atoms with Gasteiger partial charge in [-0.25, -0.2) is 4.98 Å². The number of hydrogen-bond acceptors (Lipinski definition) is 4.